The van der Waals surface area contributed by atoms with Crippen LogP contribution in [-0.2, 0) is 0 Å². The quantitative estimate of drug-likeness (QED) is 0.787. The van der Waals surface area contributed by atoms with Crippen molar-refractivity contribution >= 4 is 11.3 Å². The number of nitrogens with one attached hydrogen (secondary N) is 1. The highest BCUT2D eigenvalue weighted by Crippen LogP contribution is 2.18. The van der Waals surface area contributed by atoms with Gasteiger partial charge in [-0.2, -0.15) is 0 Å². The Morgan fingerprint density at radius 3 is 2.77 bits per heavy atom. The van der Waals surface area contributed by atoms with Crippen LogP contribution in [0.5, 0.6) is 0 Å². The van der Waals surface area contributed by atoms with E-state index in [1.807, 2.05) is 11.6 Å². The molecule has 0 radical (unpaired) electrons. The first-order valence-electron chi connectivity index (χ1n) is 4.86. The lowest BCUT2D eigenvalue weighted by Crippen LogP contribution is -2.24. The predicted octanol–water partition coefficient (Wildman–Crippen LogP) is 2.84. The van der Waals surface area contributed by atoms with Crippen molar-refractivity contribution in [3.05, 3.63) is 16.6 Å². The van der Waals surface area contributed by atoms with Crippen LogP contribution in [0.4, 0.5) is 0 Å². The standard InChI is InChI=1S/C10H18N2S/c1-4-9(12-7-8(2)3)10-11-5-6-13-10/h5-6,8-9,12H,4,7H2,1-3H3. The Morgan fingerprint density at radius 1 is 1.54 bits per heavy atom. The van der Waals surface area contributed by atoms with Crippen LogP contribution in [0.15, 0.2) is 11.6 Å². The number of hydrogen-bond acceptors (Lipinski definition) is 3. The largest absolute Gasteiger partial charge is 0.308 e. The van der Waals surface area contributed by atoms with Crippen molar-refractivity contribution < 1.29 is 0 Å². The molecule has 1 aromatic heterocycles. The minimum atomic E-state index is 0.447. The summed E-state index contributed by atoms with van der Waals surface area (Å²) in [5, 5.41) is 6.77. The van der Waals surface area contributed by atoms with Gasteiger partial charge in [-0.1, -0.05) is 20.8 Å². The topological polar surface area (TPSA) is 24.9 Å². The molecule has 0 fully saturated rings. The van der Waals surface area contributed by atoms with E-state index < -0.39 is 0 Å². The molecule has 13 heavy (non-hydrogen) atoms. The first kappa shape index (κ1) is 10.7. The number of rotatable bonds is 5. The normalized spacial score (nSPS) is 13.5. The van der Waals surface area contributed by atoms with Crippen molar-refractivity contribution in [3.63, 3.8) is 0 Å². The zero-order valence-electron chi connectivity index (χ0n) is 8.58. The second-order valence-electron chi connectivity index (χ2n) is 3.63. The molecule has 2 nitrogen and oxygen atoms in total. The molecule has 0 aromatic carbocycles. The van der Waals surface area contributed by atoms with Crippen molar-refractivity contribution in [3.8, 4) is 0 Å². The molecular formula is C10H18N2S. The Kier molecular flexibility index (Phi) is 4.39. The van der Waals surface area contributed by atoms with Crippen molar-refractivity contribution in [1.82, 2.24) is 10.3 Å². The summed E-state index contributed by atoms with van der Waals surface area (Å²) >= 11 is 1.73. The molecule has 0 saturated heterocycles. The maximum atomic E-state index is 4.32. The predicted molar refractivity (Wildman–Crippen MR) is 58.0 cm³/mol. The van der Waals surface area contributed by atoms with E-state index in [4.69, 9.17) is 0 Å². The first-order chi connectivity index (χ1) is 6.24. The van der Waals surface area contributed by atoms with Crippen LogP contribution in [0.1, 0.15) is 38.2 Å². The van der Waals surface area contributed by atoms with Gasteiger partial charge in [-0.15, -0.1) is 11.3 Å². The highest BCUT2D eigenvalue weighted by Gasteiger charge is 2.10. The lowest BCUT2D eigenvalue weighted by atomic mass is 10.2. The van der Waals surface area contributed by atoms with Gasteiger partial charge in [-0.05, 0) is 18.9 Å². The van der Waals surface area contributed by atoms with Crippen molar-refractivity contribution in [2.75, 3.05) is 6.54 Å². The average Bonchev–Trinajstić information content (AvgIpc) is 2.58. The van der Waals surface area contributed by atoms with E-state index >= 15 is 0 Å². The van der Waals surface area contributed by atoms with E-state index in [0.29, 0.717) is 12.0 Å². The van der Waals surface area contributed by atoms with Gasteiger partial charge < -0.3 is 5.32 Å². The third-order valence-electron chi connectivity index (χ3n) is 1.93. The van der Waals surface area contributed by atoms with Gasteiger partial charge in [0.15, 0.2) is 0 Å². The van der Waals surface area contributed by atoms with Crippen LogP contribution < -0.4 is 5.32 Å². The fourth-order valence-corrected chi connectivity index (χ4v) is 1.99. The van der Waals surface area contributed by atoms with Gasteiger partial charge in [-0.3, -0.25) is 0 Å². The lowest BCUT2D eigenvalue weighted by Gasteiger charge is -2.15. The fraction of sp³-hybridized carbons (Fsp3) is 0.700. The fourth-order valence-electron chi connectivity index (χ4n) is 1.19. The molecule has 1 rings (SSSR count). The Morgan fingerprint density at radius 2 is 2.31 bits per heavy atom. The van der Waals surface area contributed by atoms with E-state index in [2.05, 4.69) is 31.1 Å². The minimum absolute atomic E-state index is 0.447. The van der Waals surface area contributed by atoms with Crippen molar-refractivity contribution in [2.45, 2.75) is 33.2 Å². The summed E-state index contributed by atoms with van der Waals surface area (Å²) in [6.45, 7) is 7.71. The van der Waals surface area contributed by atoms with Gasteiger partial charge in [0.25, 0.3) is 0 Å². The second-order valence-corrected chi connectivity index (χ2v) is 4.56. The molecule has 1 atom stereocenters. The third kappa shape index (κ3) is 3.44. The van der Waals surface area contributed by atoms with Crippen LogP contribution in [0.2, 0.25) is 0 Å². The molecule has 1 unspecified atom stereocenters. The highest BCUT2D eigenvalue weighted by atomic mass is 32.1. The monoisotopic (exact) mass is 198 g/mol. The van der Waals surface area contributed by atoms with Crippen LogP contribution in [0.3, 0.4) is 0 Å². The zero-order chi connectivity index (χ0) is 9.68. The summed E-state index contributed by atoms with van der Waals surface area (Å²) < 4.78 is 0. The van der Waals surface area contributed by atoms with Gasteiger partial charge in [0.05, 0.1) is 6.04 Å². The molecule has 0 bridgehead atoms. The Labute approximate surface area is 84.4 Å². The molecule has 0 aliphatic heterocycles. The van der Waals surface area contributed by atoms with Gasteiger partial charge in [-0.25, -0.2) is 4.98 Å². The second kappa shape index (κ2) is 5.35. The molecular weight excluding hydrogens is 180 g/mol. The number of hydrogen-bond donors (Lipinski definition) is 1. The molecule has 0 saturated carbocycles. The first-order valence-corrected chi connectivity index (χ1v) is 5.74. The maximum absolute atomic E-state index is 4.32. The van der Waals surface area contributed by atoms with E-state index in [1.54, 1.807) is 11.3 Å². The minimum Gasteiger partial charge on any atom is -0.308 e. The molecule has 3 heteroatoms. The van der Waals surface area contributed by atoms with E-state index in [9.17, 15) is 0 Å². The molecule has 1 aromatic rings. The van der Waals surface area contributed by atoms with Gasteiger partial charge in [0.1, 0.15) is 5.01 Å². The number of nitrogens with zero attached hydrogens (tertiary/aromatic N) is 1. The molecule has 1 N–H and O–H groups in total. The van der Waals surface area contributed by atoms with E-state index in [1.165, 1.54) is 5.01 Å². The third-order valence-corrected chi connectivity index (χ3v) is 2.82. The van der Waals surface area contributed by atoms with Gasteiger partial charge in [0, 0.05) is 11.6 Å². The summed E-state index contributed by atoms with van der Waals surface area (Å²) in [7, 11) is 0. The summed E-state index contributed by atoms with van der Waals surface area (Å²) in [6.07, 6.45) is 2.99. The van der Waals surface area contributed by atoms with Gasteiger partial charge >= 0.3 is 0 Å². The van der Waals surface area contributed by atoms with Gasteiger partial charge in [0.2, 0.25) is 0 Å². The van der Waals surface area contributed by atoms with Crippen LogP contribution in [-0.4, -0.2) is 11.5 Å². The van der Waals surface area contributed by atoms with Crippen LogP contribution in [0.25, 0.3) is 0 Å². The van der Waals surface area contributed by atoms with E-state index in [0.717, 1.165) is 13.0 Å². The summed E-state index contributed by atoms with van der Waals surface area (Å²) in [5.74, 6) is 0.703. The Balaban J connectivity index is 2.44. The average molecular weight is 198 g/mol. The molecule has 0 aliphatic rings. The number of aromatic nitrogens is 1. The smallest absolute Gasteiger partial charge is 0.109 e. The molecule has 1 heterocycles. The van der Waals surface area contributed by atoms with Crippen molar-refractivity contribution in [1.29, 1.82) is 0 Å². The molecule has 0 amide bonds. The molecule has 0 aliphatic carbocycles. The van der Waals surface area contributed by atoms with Crippen molar-refractivity contribution in [2.24, 2.45) is 5.92 Å². The molecule has 74 valence electrons. The Hall–Kier alpha value is -0.410. The lowest BCUT2D eigenvalue weighted by molar-refractivity contribution is 0.463. The Bertz CT molecular complexity index is 219. The van der Waals surface area contributed by atoms with Crippen LogP contribution in [0, 0.1) is 5.92 Å². The highest BCUT2D eigenvalue weighted by molar-refractivity contribution is 7.09. The molecule has 0 spiro atoms. The van der Waals surface area contributed by atoms with Crippen LogP contribution >= 0.6 is 11.3 Å². The maximum Gasteiger partial charge on any atom is 0.109 e. The van der Waals surface area contributed by atoms with E-state index in [-0.39, 0.29) is 0 Å². The summed E-state index contributed by atoms with van der Waals surface area (Å²) in [5.41, 5.74) is 0. The number of thiazole rings is 1. The zero-order valence-corrected chi connectivity index (χ0v) is 9.40. The SMILES string of the molecule is CCC(NCC(C)C)c1nccs1. The summed E-state index contributed by atoms with van der Waals surface area (Å²) in [4.78, 5) is 4.32. The summed E-state index contributed by atoms with van der Waals surface area (Å²) in [6, 6.07) is 0.447.